The Hall–Kier alpha value is -1.82. The van der Waals surface area contributed by atoms with Gasteiger partial charge in [0.1, 0.15) is 11.3 Å². The van der Waals surface area contributed by atoms with Gasteiger partial charge in [0.15, 0.2) is 5.13 Å². The highest BCUT2D eigenvalue weighted by Gasteiger charge is 2.23. The number of aryl methyl sites for hydroxylation is 1. The lowest BCUT2D eigenvalue weighted by molar-refractivity contribution is -0.131. The van der Waals surface area contributed by atoms with Crippen LogP contribution in [0.15, 0.2) is 12.1 Å². The van der Waals surface area contributed by atoms with Gasteiger partial charge < -0.3 is 14.5 Å². The minimum atomic E-state index is 0.237. The Morgan fingerprint density at radius 2 is 2.05 bits per heavy atom. The number of carbonyl (C=O) groups excluding carboxylic acids is 1. The Balaban J connectivity index is 1.83. The Bertz CT molecular complexity index is 690. The van der Waals surface area contributed by atoms with Crippen LogP contribution in [-0.4, -0.2) is 49.1 Å². The number of rotatable bonds is 3. The number of hydrogen-bond donors (Lipinski definition) is 0. The van der Waals surface area contributed by atoms with Gasteiger partial charge in [-0.15, -0.1) is 0 Å². The average molecular weight is 319 g/mol. The van der Waals surface area contributed by atoms with E-state index >= 15 is 0 Å². The third kappa shape index (κ3) is 2.63. The monoisotopic (exact) mass is 319 g/mol. The predicted molar refractivity (Wildman–Crippen MR) is 90.0 cm³/mol. The van der Waals surface area contributed by atoms with Crippen LogP contribution < -0.4 is 9.64 Å². The smallest absolute Gasteiger partial charge is 0.222 e. The van der Waals surface area contributed by atoms with E-state index in [1.54, 1.807) is 18.4 Å². The molecule has 0 unspecified atom stereocenters. The molecule has 1 aromatic carbocycles. The van der Waals surface area contributed by atoms with Crippen LogP contribution in [0.5, 0.6) is 5.75 Å². The maximum atomic E-state index is 11.8. The molecule has 0 spiro atoms. The first-order valence-corrected chi connectivity index (χ1v) is 8.42. The summed E-state index contributed by atoms with van der Waals surface area (Å²) in [6, 6.07) is 4.04. The lowest BCUT2D eigenvalue weighted by Crippen LogP contribution is -2.48. The van der Waals surface area contributed by atoms with Crippen molar-refractivity contribution in [2.24, 2.45) is 0 Å². The minimum Gasteiger partial charge on any atom is -0.494 e. The van der Waals surface area contributed by atoms with Gasteiger partial charge in [0, 0.05) is 32.6 Å². The molecule has 0 bridgehead atoms. The standard InChI is InChI=1S/C16H21N3O2S/c1-4-13(20)18-7-9-19(10-8-18)16-17-14-12(21-3)6-5-11(2)15(14)22-16/h5-6H,4,7-10H2,1-3H3. The number of thiazole rings is 1. The molecule has 22 heavy (non-hydrogen) atoms. The van der Waals surface area contributed by atoms with Gasteiger partial charge in [-0.25, -0.2) is 4.98 Å². The zero-order valence-electron chi connectivity index (χ0n) is 13.3. The molecule has 118 valence electrons. The number of fused-ring (bicyclic) bond motifs is 1. The van der Waals surface area contributed by atoms with Gasteiger partial charge in [-0.1, -0.05) is 24.3 Å². The fourth-order valence-corrected chi connectivity index (χ4v) is 3.87. The number of ether oxygens (including phenoxy) is 1. The highest BCUT2D eigenvalue weighted by atomic mass is 32.1. The molecule has 2 heterocycles. The van der Waals surface area contributed by atoms with E-state index in [0.29, 0.717) is 6.42 Å². The molecule has 1 saturated heterocycles. The van der Waals surface area contributed by atoms with E-state index in [9.17, 15) is 4.79 Å². The lowest BCUT2D eigenvalue weighted by Gasteiger charge is -2.34. The molecule has 0 N–H and O–H groups in total. The number of benzene rings is 1. The summed E-state index contributed by atoms with van der Waals surface area (Å²) in [5, 5.41) is 1.02. The number of anilines is 1. The molecule has 0 atom stereocenters. The van der Waals surface area contributed by atoms with Crippen molar-refractivity contribution in [2.75, 3.05) is 38.2 Å². The van der Waals surface area contributed by atoms with Gasteiger partial charge in [0.2, 0.25) is 5.91 Å². The fraction of sp³-hybridized carbons (Fsp3) is 0.500. The predicted octanol–water partition coefficient (Wildman–Crippen LogP) is 2.67. The van der Waals surface area contributed by atoms with Crippen LogP contribution in [0.25, 0.3) is 10.2 Å². The molecule has 0 aliphatic carbocycles. The van der Waals surface area contributed by atoms with Crippen LogP contribution >= 0.6 is 11.3 Å². The molecule has 1 aromatic heterocycles. The van der Waals surface area contributed by atoms with E-state index in [-0.39, 0.29) is 5.91 Å². The van der Waals surface area contributed by atoms with Gasteiger partial charge in [-0.3, -0.25) is 4.79 Å². The second kappa shape index (κ2) is 6.12. The van der Waals surface area contributed by atoms with E-state index in [2.05, 4.69) is 17.9 Å². The van der Waals surface area contributed by atoms with Crippen LogP contribution in [0.2, 0.25) is 0 Å². The van der Waals surface area contributed by atoms with Crippen LogP contribution in [0, 0.1) is 6.92 Å². The highest BCUT2D eigenvalue weighted by Crippen LogP contribution is 2.36. The number of amides is 1. The summed E-state index contributed by atoms with van der Waals surface area (Å²) in [6.45, 7) is 7.25. The molecular weight excluding hydrogens is 298 g/mol. The molecule has 1 aliphatic heterocycles. The van der Waals surface area contributed by atoms with Gasteiger partial charge in [-0.2, -0.15) is 0 Å². The fourth-order valence-electron chi connectivity index (χ4n) is 2.77. The molecule has 0 radical (unpaired) electrons. The van der Waals surface area contributed by atoms with Crippen molar-refractivity contribution in [1.29, 1.82) is 0 Å². The van der Waals surface area contributed by atoms with Gasteiger partial charge >= 0.3 is 0 Å². The van der Waals surface area contributed by atoms with E-state index in [0.717, 1.165) is 42.6 Å². The zero-order valence-corrected chi connectivity index (χ0v) is 14.1. The van der Waals surface area contributed by atoms with Crippen molar-refractivity contribution in [3.05, 3.63) is 17.7 Å². The SMILES string of the molecule is CCC(=O)N1CCN(c2nc3c(OC)ccc(C)c3s2)CC1. The third-order valence-electron chi connectivity index (χ3n) is 4.12. The quantitative estimate of drug-likeness (QED) is 0.872. The molecule has 3 rings (SSSR count). The van der Waals surface area contributed by atoms with E-state index in [4.69, 9.17) is 9.72 Å². The maximum Gasteiger partial charge on any atom is 0.222 e. The normalized spacial score (nSPS) is 15.4. The second-order valence-electron chi connectivity index (χ2n) is 5.48. The number of aromatic nitrogens is 1. The largest absolute Gasteiger partial charge is 0.494 e. The number of nitrogens with zero attached hydrogens (tertiary/aromatic N) is 3. The maximum absolute atomic E-state index is 11.8. The second-order valence-corrected chi connectivity index (χ2v) is 6.46. The van der Waals surface area contributed by atoms with Gasteiger partial charge in [0.05, 0.1) is 11.8 Å². The summed E-state index contributed by atoms with van der Waals surface area (Å²) in [4.78, 5) is 20.7. The van der Waals surface area contributed by atoms with Crippen LogP contribution in [0.1, 0.15) is 18.9 Å². The summed E-state index contributed by atoms with van der Waals surface area (Å²) < 4.78 is 6.60. The Morgan fingerprint density at radius 1 is 1.32 bits per heavy atom. The molecule has 0 saturated carbocycles. The molecule has 1 amide bonds. The van der Waals surface area contributed by atoms with Crippen LogP contribution in [-0.2, 0) is 4.79 Å². The zero-order chi connectivity index (χ0) is 15.7. The number of piperazine rings is 1. The Labute approximate surface area is 134 Å². The van der Waals surface area contributed by atoms with Crippen molar-refractivity contribution in [3.63, 3.8) is 0 Å². The topological polar surface area (TPSA) is 45.7 Å². The first-order valence-electron chi connectivity index (χ1n) is 7.61. The first-order chi connectivity index (χ1) is 10.6. The van der Waals surface area contributed by atoms with Crippen LogP contribution in [0.3, 0.4) is 0 Å². The van der Waals surface area contributed by atoms with E-state index in [1.165, 1.54) is 10.3 Å². The van der Waals surface area contributed by atoms with Crippen molar-refractivity contribution in [2.45, 2.75) is 20.3 Å². The van der Waals surface area contributed by atoms with Crippen molar-refractivity contribution in [1.82, 2.24) is 9.88 Å². The summed E-state index contributed by atoms with van der Waals surface area (Å²) in [5.41, 5.74) is 2.16. The number of carbonyl (C=O) groups is 1. The number of methoxy groups -OCH3 is 1. The molecule has 2 aromatic rings. The summed E-state index contributed by atoms with van der Waals surface area (Å²) in [7, 11) is 1.68. The third-order valence-corrected chi connectivity index (χ3v) is 5.37. The minimum absolute atomic E-state index is 0.237. The first kappa shape index (κ1) is 15.1. The van der Waals surface area contributed by atoms with Crippen molar-refractivity contribution in [3.8, 4) is 5.75 Å². The lowest BCUT2D eigenvalue weighted by atomic mass is 10.2. The molecule has 6 heteroatoms. The van der Waals surface area contributed by atoms with E-state index < -0.39 is 0 Å². The van der Waals surface area contributed by atoms with Crippen molar-refractivity contribution >= 4 is 32.6 Å². The van der Waals surface area contributed by atoms with Crippen molar-refractivity contribution < 1.29 is 9.53 Å². The highest BCUT2D eigenvalue weighted by molar-refractivity contribution is 7.22. The van der Waals surface area contributed by atoms with E-state index in [1.807, 2.05) is 17.9 Å². The summed E-state index contributed by atoms with van der Waals surface area (Å²) in [6.07, 6.45) is 0.581. The molecular formula is C16H21N3O2S. The Morgan fingerprint density at radius 3 is 2.68 bits per heavy atom. The van der Waals surface area contributed by atoms with Gasteiger partial charge in [0.25, 0.3) is 0 Å². The number of hydrogen-bond acceptors (Lipinski definition) is 5. The molecule has 1 aliphatic rings. The Kier molecular flexibility index (Phi) is 4.20. The van der Waals surface area contributed by atoms with Gasteiger partial charge in [-0.05, 0) is 18.6 Å². The summed E-state index contributed by atoms with van der Waals surface area (Å²) >= 11 is 1.71. The molecule has 5 nitrogen and oxygen atoms in total. The van der Waals surface area contributed by atoms with Crippen LogP contribution in [0.4, 0.5) is 5.13 Å². The average Bonchev–Trinajstić information content (AvgIpc) is 3.01. The summed E-state index contributed by atoms with van der Waals surface area (Å²) in [5.74, 6) is 1.06. The molecule has 1 fully saturated rings.